The van der Waals surface area contributed by atoms with Crippen molar-refractivity contribution >= 4 is 25.1 Å². The van der Waals surface area contributed by atoms with Gasteiger partial charge in [0.1, 0.15) is 0 Å². The molecule has 0 spiro atoms. The Balaban J connectivity index is 2.66. The molecule has 0 aliphatic carbocycles. The van der Waals surface area contributed by atoms with Crippen molar-refractivity contribution in [1.82, 2.24) is 0 Å². The fourth-order valence-corrected chi connectivity index (χ4v) is 1.34. The van der Waals surface area contributed by atoms with Crippen LogP contribution in [0.4, 0.5) is 0 Å². The number of hydrogen-bond acceptors (Lipinski definition) is 1. The summed E-state index contributed by atoms with van der Waals surface area (Å²) in [5.74, 6) is 1.21. The second-order valence-electron chi connectivity index (χ2n) is 0.819. The Bertz CT molecular complexity index is 42.8. The molecule has 0 rings (SSSR count). The summed E-state index contributed by atoms with van der Waals surface area (Å²) in [5, 5.41) is 2.19. The van der Waals surface area contributed by atoms with Gasteiger partial charge >= 0.3 is 0 Å². The number of rotatable bonds is 2. The van der Waals surface area contributed by atoms with Gasteiger partial charge < -0.3 is 0 Å². The highest BCUT2D eigenvalue weighted by molar-refractivity contribution is 8.16. The third-order valence-corrected chi connectivity index (χ3v) is 2.12. The maximum atomic E-state index is 2.19. The Morgan fingerprint density at radius 1 is 1.83 bits per heavy atom. The highest BCUT2D eigenvalue weighted by atomic mass is 32.2. The molecule has 0 saturated heterocycles. The predicted molar refractivity (Wildman–Crippen MR) is 37.0 cm³/mol. The molecular formula is C4H9PS. The molecule has 0 saturated carbocycles. The minimum atomic E-state index is 1.21. The molecule has 0 aliphatic rings. The fraction of sp³-hybridized carbons (Fsp3) is 0.750. The zero-order valence-electron chi connectivity index (χ0n) is 4.14. The molecule has 0 radical (unpaired) electrons. The summed E-state index contributed by atoms with van der Waals surface area (Å²) in [5.41, 5.74) is 0. The average Bonchev–Trinajstić information content (AvgIpc) is 1.61. The molecule has 0 unspecified atom stereocenters. The third kappa shape index (κ3) is 4.52. The van der Waals surface area contributed by atoms with Gasteiger partial charge in [-0.05, 0) is 17.5 Å². The smallest absolute Gasteiger partial charge is 0.00511 e. The van der Waals surface area contributed by atoms with E-state index in [1.807, 2.05) is 11.8 Å². The van der Waals surface area contributed by atoms with Crippen molar-refractivity contribution in [1.29, 1.82) is 0 Å². The van der Waals surface area contributed by atoms with Crippen LogP contribution in [-0.2, 0) is 0 Å². The van der Waals surface area contributed by atoms with E-state index in [2.05, 4.69) is 18.7 Å². The molecule has 0 fully saturated rings. The largest absolute Gasteiger partial charge is 0.130 e. The van der Waals surface area contributed by atoms with Crippen molar-refractivity contribution in [3.63, 3.8) is 0 Å². The molecule has 0 atom stereocenters. The van der Waals surface area contributed by atoms with Crippen LogP contribution in [0, 0.1) is 0 Å². The van der Waals surface area contributed by atoms with Crippen molar-refractivity contribution in [2.24, 2.45) is 0 Å². The Kier molecular flexibility index (Phi) is 6.00. The van der Waals surface area contributed by atoms with E-state index in [0.29, 0.717) is 0 Å². The van der Waals surface area contributed by atoms with E-state index in [0.717, 1.165) is 0 Å². The Morgan fingerprint density at radius 2 is 2.50 bits per heavy atom. The van der Waals surface area contributed by atoms with Crippen LogP contribution in [0.25, 0.3) is 0 Å². The average molecular weight is 120 g/mol. The standard InChI is InChI=1S/C4H9PS/c1-3-6-4-5-2/h4H,3H2,1-2H3. The predicted octanol–water partition coefficient (Wildman–Crippen LogP) is 2.08. The van der Waals surface area contributed by atoms with Crippen LogP contribution in [0.5, 0.6) is 0 Å². The van der Waals surface area contributed by atoms with Crippen LogP contribution in [-0.4, -0.2) is 17.5 Å². The van der Waals surface area contributed by atoms with Crippen molar-refractivity contribution in [2.75, 3.05) is 12.4 Å². The first-order chi connectivity index (χ1) is 2.91. The Labute approximate surface area is 45.1 Å². The summed E-state index contributed by atoms with van der Waals surface area (Å²) in [6.45, 7) is 4.29. The van der Waals surface area contributed by atoms with Crippen LogP contribution in [0.2, 0.25) is 0 Å². The van der Waals surface area contributed by atoms with Crippen LogP contribution in [0.3, 0.4) is 0 Å². The van der Waals surface area contributed by atoms with E-state index in [-0.39, 0.29) is 0 Å². The first-order valence-corrected chi connectivity index (χ1v) is 4.40. The van der Waals surface area contributed by atoms with Crippen LogP contribution in [0.1, 0.15) is 6.92 Å². The summed E-state index contributed by atoms with van der Waals surface area (Å²) >= 11 is 1.87. The molecule has 0 aromatic rings. The normalized spacial score (nSPS) is 10.3. The van der Waals surface area contributed by atoms with Crippen molar-refractivity contribution in [2.45, 2.75) is 6.92 Å². The third-order valence-electron chi connectivity index (χ3n) is 0.347. The molecule has 0 aliphatic heterocycles. The lowest BCUT2D eigenvalue weighted by molar-refractivity contribution is 1.54. The molecule has 0 aromatic heterocycles. The quantitative estimate of drug-likeness (QED) is 0.503. The van der Waals surface area contributed by atoms with Gasteiger partial charge in [-0.3, -0.25) is 0 Å². The molecule has 0 N–H and O–H groups in total. The summed E-state index contributed by atoms with van der Waals surface area (Å²) in [4.78, 5) is 0. The molecule has 6 heavy (non-hydrogen) atoms. The highest BCUT2D eigenvalue weighted by Crippen LogP contribution is 1.96. The Morgan fingerprint density at radius 3 is 2.67 bits per heavy atom. The highest BCUT2D eigenvalue weighted by Gasteiger charge is 1.64. The second kappa shape index (κ2) is 5.52. The minimum absolute atomic E-state index is 1.21. The molecule has 0 nitrogen and oxygen atoms in total. The molecule has 0 heterocycles. The molecular weight excluding hydrogens is 111 g/mol. The lowest BCUT2D eigenvalue weighted by Gasteiger charge is -1.76. The minimum Gasteiger partial charge on any atom is -0.130 e. The summed E-state index contributed by atoms with van der Waals surface area (Å²) in [6, 6.07) is 0. The van der Waals surface area contributed by atoms with E-state index < -0.39 is 0 Å². The number of hydrogen-bond donors (Lipinski definition) is 0. The van der Waals surface area contributed by atoms with Crippen molar-refractivity contribution < 1.29 is 0 Å². The Hall–Kier alpha value is 0.520. The first kappa shape index (κ1) is 6.52. The van der Waals surface area contributed by atoms with Crippen LogP contribution >= 0.6 is 20.0 Å². The SMILES string of the molecule is CCS/C=P\C. The second-order valence-corrected chi connectivity index (χ2v) is 3.09. The molecule has 0 bridgehead atoms. The molecule has 36 valence electrons. The first-order valence-electron chi connectivity index (χ1n) is 1.94. The maximum absolute atomic E-state index is 2.19. The van der Waals surface area contributed by atoms with Gasteiger partial charge in [0.2, 0.25) is 0 Å². The monoisotopic (exact) mass is 120 g/mol. The van der Waals surface area contributed by atoms with E-state index in [1.54, 1.807) is 0 Å². The van der Waals surface area contributed by atoms with Gasteiger partial charge in [0.15, 0.2) is 0 Å². The molecule has 2 heteroatoms. The van der Waals surface area contributed by atoms with Gasteiger partial charge in [0.05, 0.1) is 0 Å². The van der Waals surface area contributed by atoms with Gasteiger partial charge in [-0.2, -0.15) is 0 Å². The number of thioether (sulfide) groups is 1. The van der Waals surface area contributed by atoms with E-state index >= 15 is 0 Å². The summed E-state index contributed by atoms with van der Waals surface area (Å²) in [6.07, 6.45) is 0. The lowest BCUT2D eigenvalue weighted by atomic mass is 11.0. The summed E-state index contributed by atoms with van der Waals surface area (Å²) < 4.78 is 0. The summed E-state index contributed by atoms with van der Waals surface area (Å²) in [7, 11) is 1.38. The van der Waals surface area contributed by atoms with Gasteiger partial charge in [-0.15, -0.1) is 20.0 Å². The fourth-order valence-electron chi connectivity index (χ4n) is 0.149. The van der Waals surface area contributed by atoms with Crippen molar-refractivity contribution in [3.8, 4) is 0 Å². The zero-order chi connectivity index (χ0) is 4.83. The van der Waals surface area contributed by atoms with E-state index in [1.165, 1.54) is 14.0 Å². The van der Waals surface area contributed by atoms with Crippen molar-refractivity contribution in [3.05, 3.63) is 0 Å². The zero-order valence-corrected chi connectivity index (χ0v) is 5.85. The van der Waals surface area contributed by atoms with E-state index in [4.69, 9.17) is 0 Å². The molecule has 0 amide bonds. The maximum Gasteiger partial charge on any atom is -0.00511 e. The van der Waals surface area contributed by atoms with Gasteiger partial charge in [0.25, 0.3) is 0 Å². The van der Waals surface area contributed by atoms with Gasteiger partial charge in [-0.25, -0.2) is 0 Å². The molecule has 0 aromatic carbocycles. The van der Waals surface area contributed by atoms with E-state index in [9.17, 15) is 0 Å². The van der Waals surface area contributed by atoms with Gasteiger partial charge in [-0.1, -0.05) is 6.92 Å². The topological polar surface area (TPSA) is 0 Å². The van der Waals surface area contributed by atoms with Crippen LogP contribution < -0.4 is 0 Å². The van der Waals surface area contributed by atoms with Gasteiger partial charge in [0, 0.05) is 0 Å². The van der Waals surface area contributed by atoms with Crippen LogP contribution in [0.15, 0.2) is 0 Å². The lowest BCUT2D eigenvalue weighted by Crippen LogP contribution is -1.58.